The fourth-order valence-electron chi connectivity index (χ4n) is 2.47. The van der Waals surface area contributed by atoms with Gasteiger partial charge < -0.3 is 10.4 Å². The van der Waals surface area contributed by atoms with Gasteiger partial charge in [0.05, 0.1) is 15.7 Å². The molecule has 1 saturated carbocycles. The van der Waals surface area contributed by atoms with Crippen LogP contribution in [0.2, 0.25) is 0 Å². The summed E-state index contributed by atoms with van der Waals surface area (Å²) >= 11 is 0.811. The highest BCUT2D eigenvalue weighted by Crippen LogP contribution is 2.31. The fourth-order valence-corrected chi connectivity index (χ4v) is 3.20. The number of carbonyl (C=O) groups excluding carboxylic acids is 1. The molecule has 1 fully saturated rings. The van der Waals surface area contributed by atoms with Crippen LogP contribution in [0.15, 0.2) is 12.1 Å². The molecule has 2 rings (SSSR count). The molecular formula is C12H14N2O5S. The number of rotatable bonds is 5. The van der Waals surface area contributed by atoms with Crippen molar-refractivity contribution in [2.75, 3.05) is 6.54 Å². The van der Waals surface area contributed by atoms with Crippen molar-refractivity contribution in [1.82, 2.24) is 5.32 Å². The standard InChI is InChI=1S/C12H14N2O5S/c15-11(9-4-5-10(20-9)14(18)19)13-6-7-2-1-3-8(7)12(16)17/h4-5,7-8H,1-3,6H2,(H,13,15)(H,16,17). The Kier molecular flexibility index (Phi) is 4.33. The van der Waals surface area contributed by atoms with E-state index in [4.69, 9.17) is 5.11 Å². The summed E-state index contributed by atoms with van der Waals surface area (Å²) in [6.45, 7) is 0.293. The van der Waals surface area contributed by atoms with Gasteiger partial charge in [-0.3, -0.25) is 19.7 Å². The number of nitro groups is 1. The lowest BCUT2D eigenvalue weighted by Crippen LogP contribution is -2.32. The third kappa shape index (κ3) is 3.13. The van der Waals surface area contributed by atoms with Gasteiger partial charge >= 0.3 is 11.0 Å². The second kappa shape index (κ2) is 6.00. The molecule has 2 atom stereocenters. The van der Waals surface area contributed by atoms with E-state index in [0.29, 0.717) is 13.0 Å². The SMILES string of the molecule is O=C(NCC1CCCC1C(=O)O)c1ccc([N+](=O)[O-])s1. The lowest BCUT2D eigenvalue weighted by molar-refractivity contribution is -0.380. The fraction of sp³-hybridized carbons (Fsp3) is 0.500. The molecule has 2 unspecified atom stereocenters. The Labute approximate surface area is 118 Å². The Morgan fingerprint density at radius 2 is 2.20 bits per heavy atom. The summed E-state index contributed by atoms with van der Waals surface area (Å²) in [6, 6.07) is 2.69. The molecule has 1 aromatic heterocycles. The maximum atomic E-state index is 11.8. The number of carboxylic acid groups (broad SMARTS) is 1. The van der Waals surface area contributed by atoms with Crippen LogP contribution in [0.4, 0.5) is 5.00 Å². The Morgan fingerprint density at radius 1 is 1.45 bits per heavy atom. The van der Waals surface area contributed by atoms with Crippen molar-refractivity contribution < 1.29 is 19.6 Å². The van der Waals surface area contributed by atoms with Crippen molar-refractivity contribution in [3.05, 3.63) is 27.1 Å². The second-order valence-electron chi connectivity index (χ2n) is 4.74. The maximum Gasteiger partial charge on any atom is 0.324 e. The third-order valence-electron chi connectivity index (χ3n) is 3.50. The Hall–Kier alpha value is -1.96. The molecule has 1 aliphatic rings. The molecule has 0 spiro atoms. The predicted octanol–water partition coefficient (Wildman–Crippen LogP) is 1.89. The van der Waals surface area contributed by atoms with Crippen LogP contribution in [0, 0.1) is 22.0 Å². The van der Waals surface area contributed by atoms with E-state index in [-0.39, 0.29) is 21.7 Å². The van der Waals surface area contributed by atoms with Gasteiger partial charge in [-0.15, -0.1) is 0 Å². The first-order chi connectivity index (χ1) is 9.49. The number of nitrogens with zero attached hydrogens (tertiary/aromatic N) is 1. The summed E-state index contributed by atoms with van der Waals surface area (Å²) < 4.78 is 0. The van der Waals surface area contributed by atoms with E-state index in [1.54, 1.807) is 0 Å². The van der Waals surface area contributed by atoms with Gasteiger partial charge in [-0.05, 0) is 24.8 Å². The number of hydrogen-bond acceptors (Lipinski definition) is 5. The quantitative estimate of drug-likeness (QED) is 0.637. The normalized spacial score (nSPS) is 21.6. The molecule has 1 aromatic rings. The third-order valence-corrected chi connectivity index (χ3v) is 4.53. The molecule has 8 heteroatoms. The first kappa shape index (κ1) is 14.4. The van der Waals surface area contributed by atoms with Crippen molar-refractivity contribution in [2.45, 2.75) is 19.3 Å². The molecule has 1 amide bonds. The molecule has 0 bridgehead atoms. The Bertz CT molecular complexity index is 542. The summed E-state index contributed by atoms with van der Waals surface area (Å²) in [5, 5.41) is 22.2. The van der Waals surface area contributed by atoms with E-state index >= 15 is 0 Å². The molecule has 2 N–H and O–H groups in total. The van der Waals surface area contributed by atoms with Crippen molar-refractivity contribution >= 4 is 28.2 Å². The average molecular weight is 298 g/mol. The molecule has 20 heavy (non-hydrogen) atoms. The number of carboxylic acids is 1. The molecule has 1 heterocycles. The summed E-state index contributed by atoms with van der Waals surface area (Å²) in [5.74, 6) is -1.69. The molecule has 0 aliphatic heterocycles. The van der Waals surface area contributed by atoms with Gasteiger partial charge in [-0.1, -0.05) is 17.8 Å². The molecule has 0 saturated heterocycles. The lowest BCUT2D eigenvalue weighted by Gasteiger charge is -2.15. The predicted molar refractivity (Wildman–Crippen MR) is 71.8 cm³/mol. The zero-order chi connectivity index (χ0) is 14.7. The number of hydrogen-bond donors (Lipinski definition) is 2. The zero-order valence-corrected chi connectivity index (χ0v) is 11.4. The number of nitrogens with one attached hydrogen (secondary N) is 1. The first-order valence-electron chi connectivity index (χ1n) is 6.24. The van der Waals surface area contributed by atoms with E-state index in [2.05, 4.69) is 5.32 Å². The van der Waals surface area contributed by atoms with Gasteiger partial charge in [0.1, 0.15) is 0 Å². The highest BCUT2D eigenvalue weighted by atomic mass is 32.1. The lowest BCUT2D eigenvalue weighted by atomic mass is 9.96. The highest BCUT2D eigenvalue weighted by molar-refractivity contribution is 7.17. The van der Waals surface area contributed by atoms with Crippen LogP contribution in [0.3, 0.4) is 0 Å². The van der Waals surface area contributed by atoms with Gasteiger partial charge in [0.25, 0.3) is 5.91 Å². The smallest absolute Gasteiger partial charge is 0.324 e. The van der Waals surface area contributed by atoms with E-state index < -0.39 is 16.8 Å². The minimum Gasteiger partial charge on any atom is -0.481 e. The number of carbonyl (C=O) groups is 2. The Morgan fingerprint density at radius 3 is 2.80 bits per heavy atom. The van der Waals surface area contributed by atoms with Gasteiger partial charge in [0, 0.05) is 12.6 Å². The van der Waals surface area contributed by atoms with Crippen LogP contribution >= 0.6 is 11.3 Å². The Balaban J connectivity index is 1.91. The monoisotopic (exact) mass is 298 g/mol. The van der Waals surface area contributed by atoms with Crippen LogP contribution in [0.25, 0.3) is 0 Å². The summed E-state index contributed by atoms with van der Waals surface area (Å²) in [5.41, 5.74) is 0. The van der Waals surface area contributed by atoms with Crippen molar-refractivity contribution in [1.29, 1.82) is 0 Å². The topological polar surface area (TPSA) is 110 Å². The molecule has 1 aliphatic carbocycles. The van der Waals surface area contributed by atoms with E-state index in [0.717, 1.165) is 24.2 Å². The average Bonchev–Trinajstić information content (AvgIpc) is 3.04. The van der Waals surface area contributed by atoms with Gasteiger partial charge in [0.2, 0.25) is 0 Å². The molecular weight excluding hydrogens is 284 g/mol. The largest absolute Gasteiger partial charge is 0.481 e. The van der Waals surface area contributed by atoms with Crippen molar-refractivity contribution in [2.24, 2.45) is 11.8 Å². The number of amides is 1. The summed E-state index contributed by atoms with van der Waals surface area (Å²) in [4.78, 5) is 33.1. The molecule has 7 nitrogen and oxygen atoms in total. The van der Waals surface area contributed by atoms with Gasteiger partial charge in [0.15, 0.2) is 0 Å². The van der Waals surface area contributed by atoms with E-state index in [9.17, 15) is 19.7 Å². The number of aliphatic carboxylic acids is 1. The highest BCUT2D eigenvalue weighted by Gasteiger charge is 2.33. The first-order valence-corrected chi connectivity index (χ1v) is 7.06. The van der Waals surface area contributed by atoms with Crippen LogP contribution < -0.4 is 5.32 Å². The van der Waals surface area contributed by atoms with E-state index in [1.165, 1.54) is 12.1 Å². The molecule has 0 radical (unpaired) electrons. The summed E-state index contributed by atoms with van der Waals surface area (Å²) in [7, 11) is 0. The zero-order valence-electron chi connectivity index (χ0n) is 10.6. The summed E-state index contributed by atoms with van der Waals surface area (Å²) in [6.07, 6.45) is 2.27. The molecule has 0 aromatic carbocycles. The van der Waals surface area contributed by atoms with Gasteiger partial charge in [-0.2, -0.15) is 0 Å². The number of thiophene rings is 1. The molecule has 108 valence electrons. The second-order valence-corrected chi connectivity index (χ2v) is 5.80. The maximum absolute atomic E-state index is 11.8. The van der Waals surface area contributed by atoms with Crippen LogP contribution in [0.5, 0.6) is 0 Å². The minimum absolute atomic E-state index is 0.0635. The van der Waals surface area contributed by atoms with Gasteiger partial charge in [-0.25, -0.2) is 0 Å². The van der Waals surface area contributed by atoms with E-state index in [1.807, 2.05) is 0 Å². The van der Waals surface area contributed by atoms with Crippen molar-refractivity contribution in [3.63, 3.8) is 0 Å². The van der Waals surface area contributed by atoms with Crippen LogP contribution in [0.1, 0.15) is 28.9 Å². The minimum atomic E-state index is -0.825. The van der Waals surface area contributed by atoms with Crippen molar-refractivity contribution in [3.8, 4) is 0 Å². The van der Waals surface area contributed by atoms with Crippen LogP contribution in [-0.2, 0) is 4.79 Å². The van der Waals surface area contributed by atoms with Crippen LogP contribution in [-0.4, -0.2) is 28.5 Å².